The van der Waals surface area contributed by atoms with Crippen LogP contribution in [0.3, 0.4) is 0 Å². The highest BCUT2D eigenvalue weighted by Crippen LogP contribution is 2.40. The number of amides is 1. The van der Waals surface area contributed by atoms with Gasteiger partial charge in [-0.1, -0.05) is 63.0 Å². The number of carbonyl (C=O) groups excluding carboxylic acids is 7. The predicted octanol–water partition coefficient (Wildman–Crippen LogP) is 3.09. The molecule has 1 aromatic carbocycles. The first-order chi connectivity index (χ1) is 27.9. The number of hydrogen-bond acceptors (Lipinski definition) is 18. The van der Waals surface area contributed by atoms with E-state index in [0.717, 1.165) is 87.5 Å². The van der Waals surface area contributed by atoms with E-state index in [1.165, 1.54) is 12.1 Å². The van der Waals surface area contributed by atoms with Crippen LogP contribution in [0.15, 0.2) is 12.1 Å². The minimum Gasteiger partial charge on any atom is -0.422 e. The number of rotatable bonds is 32. The minimum atomic E-state index is -0.805. The molecule has 0 aliphatic heterocycles. The number of benzene rings is 1. The molecule has 0 saturated heterocycles. The average Bonchev–Trinajstić information content (AvgIpc) is 3.20. The number of esters is 3. The highest BCUT2D eigenvalue weighted by Gasteiger charge is 2.25. The van der Waals surface area contributed by atoms with Gasteiger partial charge in [-0.3, -0.25) is 38.5 Å². The van der Waals surface area contributed by atoms with Crippen molar-refractivity contribution in [1.82, 2.24) is 25.8 Å². The van der Waals surface area contributed by atoms with Crippen molar-refractivity contribution in [1.29, 1.82) is 0 Å². The molecule has 0 fully saturated rings. The summed E-state index contributed by atoms with van der Waals surface area (Å²) >= 11 is 2.90. The topological polar surface area (TPSA) is 216 Å². The summed E-state index contributed by atoms with van der Waals surface area (Å²) in [6.07, 6.45) is 1.36. The molecular formula is C39H64N6O10S3. The molecule has 0 spiro atoms. The molecule has 1 amide bonds. The summed E-state index contributed by atoms with van der Waals surface area (Å²) in [4.78, 5) is 92.4. The Morgan fingerprint density at radius 3 is 1.52 bits per heavy atom. The lowest BCUT2D eigenvalue weighted by molar-refractivity contribution is -0.137. The Labute approximate surface area is 356 Å². The Morgan fingerprint density at radius 2 is 1.07 bits per heavy atom. The number of nitrogens with zero attached hydrogens (tertiary/aromatic N) is 2. The van der Waals surface area contributed by atoms with Gasteiger partial charge in [0.25, 0.3) is 5.91 Å². The molecule has 1 rings (SSSR count). The second kappa shape index (κ2) is 32.8. The van der Waals surface area contributed by atoms with Crippen LogP contribution in [-0.4, -0.2) is 145 Å². The van der Waals surface area contributed by atoms with Crippen molar-refractivity contribution in [2.24, 2.45) is 5.73 Å². The zero-order valence-corrected chi connectivity index (χ0v) is 37.2. The van der Waals surface area contributed by atoms with Crippen molar-refractivity contribution >= 4 is 74.4 Å². The zero-order chi connectivity index (χ0) is 43.1. The molecule has 0 aromatic heterocycles. The average molecular weight is 873 g/mol. The maximum atomic E-state index is 13.5. The molecular weight excluding hydrogens is 809 g/mol. The fourth-order valence-corrected chi connectivity index (χ4v) is 7.08. The summed E-state index contributed by atoms with van der Waals surface area (Å²) in [6, 6.07) is 2.42. The van der Waals surface area contributed by atoms with Crippen LogP contribution in [0, 0.1) is 0 Å². The lowest BCUT2D eigenvalue weighted by Gasteiger charge is -2.27. The van der Waals surface area contributed by atoms with E-state index in [-0.39, 0.29) is 94.7 Å². The van der Waals surface area contributed by atoms with E-state index in [1.807, 2.05) is 7.05 Å². The first-order valence-corrected chi connectivity index (χ1v) is 22.9. The first-order valence-electron chi connectivity index (χ1n) is 20.0. The van der Waals surface area contributed by atoms with E-state index >= 15 is 0 Å². The summed E-state index contributed by atoms with van der Waals surface area (Å²) in [5, 5.41) is 9.04. The van der Waals surface area contributed by atoms with Gasteiger partial charge in [0.2, 0.25) is 5.75 Å². The maximum absolute atomic E-state index is 13.5. The van der Waals surface area contributed by atoms with Gasteiger partial charge in [-0.15, -0.1) is 0 Å². The Hall–Kier alpha value is -3.04. The van der Waals surface area contributed by atoms with E-state index in [2.05, 4.69) is 32.7 Å². The SMILES string of the molecule is CCCN(CCN)CCN(CCNC)CCNCCNC(=O)c1cc(OC(=O)CCSC(=O)CC)c(OC(=O)CCSC(=O)CC)c(OC(=O)CCSC(=O)CC)c1. The number of thioether (sulfide) groups is 3. The van der Waals surface area contributed by atoms with E-state index in [9.17, 15) is 33.6 Å². The lowest BCUT2D eigenvalue weighted by atomic mass is 10.1. The second-order valence-electron chi connectivity index (χ2n) is 12.8. The quantitative estimate of drug-likeness (QED) is 0.0465. The number of nitrogens with one attached hydrogen (secondary N) is 3. The number of carbonyl (C=O) groups is 7. The molecule has 1 aromatic rings. The summed E-state index contributed by atoms with van der Waals surface area (Å²) in [6.45, 7) is 15.4. The first kappa shape index (κ1) is 53.0. The van der Waals surface area contributed by atoms with Crippen molar-refractivity contribution in [3.63, 3.8) is 0 Å². The molecule has 19 heteroatoms. The van der Waals surface area contributed by atoms with Crippen LogP contribution >= 0.6 is 35.3 Å². The van der Waals surface area contributed by atoms with Gasteiger partial charge in [0.1, 0.15) is 0 Å². The molecule has 0 saturated carbocycles. The van der Waals surface area contributed by atoms with E-state index in [4.69, 9.17) is 19.9 Å². The van der Waals surface area contributed by atoms with Gasteiger partial charge in [-0.05, 0) is 32.1 Å². The fourth-order valence-electron chi connectivity index (χ4n) is 4.97. The third-order valence-corrected chi connectivity index (χ3v) is 11.2. The van der Waals surface area contributed by atoms with Crippen molar-refractivity contribution < 1.29 is 47.8 Å². The standard InChI is InChI=1S/C39H64N6O10S3/c1-6-18-44(19-13-40)22-23-45(20-16-41-5)21-17-42-14-15-43-39(52)29-27-30(53-32(46)10-24-56-35(49)7-2)38(55-34(48)12-26-58-37(51)9-4)31(28-29)54-33(47)11-25-57-36(50)8-3/h27-28,41-42H,6-26,40H2,1-5H3,(H,43,52). The van der Waals surface area contributed by atoms with Crippen LogP contribution in [0.5, 0.6) is 17.2 Å². The van der Waals surface area contributed by atoms with Crippen LogP contribution in [0.25, 0.3) is 0 Å². The smallest absolute Gasteiger partial charge is 0.312 e. The van der Waals surface area contributed by atoms with Crippen molar-refractivity contribution in [3.05, 3.63) is 17.7 Å². The van der Waals surface area contributed by atoms with Gasteiger partial charge in [0, 0.05) is 108 Å². The van der Waals surface area contributed by atoms with Gasteiger partial charge < -0.3 is 40.8 Å². The maximum Gasteiger partial charge on any atom is 0.312 e. The molecule has 0 atom stereocenters. The molecule has 0 heterocycles. The Bertz CT molecular complexity index is 1390. The summed E-state index contributed by atoms with van der Waals surface area (Å²) in [7, 11) is 1.92. The lowest BCUT2D eigenvalue weighted by Crippen LogP contribution is -2.43. The Balaban J connectivity index is 3.21. The highest BCUT2D eigenvalue weighted by atomic mass is 32.2. The van der Waals surface area contributed by atoms with Gasteiger partial charge >= 0.3 is 17.9 Å². The number of nitrogens with two attached hydrogens (primary N) is 1. The molecule has 328 valence electrons. The normalized spacial score (nSPS) is 11.1. The minimum absolute atomic E-state index is 0.0482. The Kier molecular flexibility index (Phi) is 29.9. The van der Waals surface area contributed by atoms with E-state index < -0.39 is 29.6 Å². The van der Waals surface area contributed by atoms with Crippen LogP contribution in [0.2, 0.25) is 0 Å². The molecule has 5 N–H and O–H groups in total. The number of likely N-dealkylation sites (N-methyl/N-ethyl adjacent to an activating group) is 1. The third-order valence-electron chi connectivity index (χ3n) is 8.11. The second-order valence-corrected chi connectivity index (χ2v) is 16.2. The third kappa shape index (κ3) is 24.1. The number of ether oxygens (including phenoxy) is 3. The molecule has 0 unspecified atom stereocenters. The molecule has 0 aliphatic carbocycles. The van der Waals surface area contributed by atoms with E-state index in [0.29, 0.717) is 19.6 Å². The molecule has 0 bridgehead atoms. The molecule has 58 heavy (non-hydrogen) atoms. The van der Waals surface area contributed by atoms with Crippen LogP contribution in [0.4, 0.5) is 0 Å². The van der Waals surface area contributed by atoms with Crippen LogP contribution in [0.1, 0.15) is 83.0 Å². The summed E-state index contributed by atoms with van der Waals surface area (Å²) in [5.41, 5.74) is 5.75. The fraction of sp³-hybridized carbons (Fsp3) is 0.667. The van der Waals surface area contributed by atoms with Crippen LogP contribution < -0.4 is 35.9 Å². The van der Waals surface area contributed by atoms with Gasteiger partial charge in [0.05, 0.1) is 19.3 Å². The van der Waals surface area contributed by atoms with E-state index in [1.54, 1.807) is 20.8 Å². The number of hydrogen-bond donors (Lipinski definition) is 4. The van der Waals surface area contributed by atoms with Gasteiger partial charge in [-0.25, -0.2) is 0 Å². The van der Waals surface area contributed by atoms with Crippen molar-refractivity contribution in [2.45, 2.75) is 72.6 Å². The molecule has 16 nitrogen and oxygen atoms in total. The monoisotopic (exact) mass is 872 g/mol. The molecule has 0 radical (unpaired) electrons. The predicted molar refractivity (Wildman–Crippen MR) is 232 cm³/mol. The zero-order valence-electron chi connectivity index (χ0n) is 34.8. The van der Waals surface area contributed by atoms with Crippen molar-refractivity contribution in [2.75, 3.05) is 96.3 Å². The Morgan fingerprint density at radius 1 is 0.603 bits per heavy atom. The van der Waals surface area contributed by atoms with Gasteiger partial charge in [0.15, 0.2) is 26.8 Å². The molecule has 0 aliphatic rings. The largest absolute Gasteiger partial charge is 0.422 e. The van der Waals surface area contributed by atoms with Gasteiger partial charge in [-0.2, -0.15) is 0 Å². The highest BCUT2D eigenvalue weighted by molar-refractivity contribution is 8.14. The summed E-state index contributed by atoms with van der Waals surface area (Å²) in [5.74, 6) is -3.68. The van der Waals surface area contributed by atoms with Crippen LogP contribution in [-0.2, 0) is 28.8 Å². The summed E-state index contributed by atoms with van der Waals surface area (Å²) < 4.78 is 16.7. The van der Waals surface area contributed by atoms with Crippen molar-refractivity contribution in [3.8, 4) is 17.2 Å².